The summed E-state index contributed by atoms with van der Waals surface area (Å²) >= 11 is 0. The van der Waals surface area contributed by atoms with Gasteiger partial charge in [0.2, 0.25) is 11.8 Å². The van der Waals surface area contributed by atoms with Crippen LogP contribution >= 0.6 is 0 Å². The minimum absolute atomic E-state index is 0.0139. The van der Waals surface area contributed by atoms with Crippen molar-refractivity contribution in [3.05, 3.63) is 71.3 Å². The zero-order valence-electron chi connectivity index (χ0n) is 20.6. The van der Waals surface area contributed by atoms with Gasteiger partial charge in [-0.05, 0) is 57.4 Å². The third-order valence-corrected chi connectivity index (χ3v) is 5.80. The standard InChI is InChI=1S/C27H32N4O4/c1-18(24(32)29-16-20-12-10-19(15-28)11-13-20)30-25(33)23-14-22(21-8-6-5-7-9-21)17-31(23)26(34)35-27(2,3)4/h5-13,18,22-23H,14,16-17H2,1-4H3,(H,29,32)(H,30,33). The Morgan fingerprint density at radius 2 is 1.77 bits per heavy atom. The zero-order valence-corrected chi connectivity index (χ0v) is 20.6. The number of nitriles is 1. The Labute approximate surface area is 206 Å². The Balaban J connectivity index is 1.64. The number of hydrogen-bond acceptors (Lipinski definition) is 5. The first-order valence-corrected chi connectivity index (χ1v) is 11.7. The molecule has 2 N–H and O–H groups in total. The third kappa shape index (κ3) is 7.06. The van der Waals surface area contributed by atoms with Gasteiger partial charge in [-0.15, -0.1) is 0 Å². The second kappa shape index (κ2) is 11.0. The largest absolute Gasteiger partial charge is 0.444 e. The molecular formula is C27H32N4O4. The van der Waals surface area contributed by atoms with Crippen molar-refractivity contribution in [1.29, 1.82) is 5.26 Å². The van der Waals surface area contributed by atoms with Crippen LogP contribution < -0.4 is 10.6 Å². The van der Waals surface area contributed by atoms with Gasteiger partial charge in [-0.25, -0.2) is 4.79 Å². The molecule has 0 saturated carbocycles. The van der Waals surface area contributed by atoms with Crippen molar-refractivity contribution in [2.75, 3.05) is 6.54 Å². The second-order valence-electron chi connectivity index (χ2n) is 9.75. The quantitative estimate of drug-likeness (QED) is 0.663. The van der Waals surface area contributed by atoms with Gasteiger partial charge in [0.15, 0.2) is 0 Å². The van der Waals surface area contributed by atoms with E-state index in [0.29, 0.717) is 18.5 Å². The number of benzene rings is 2. The van der Waals surface area contributed by atoms with Crippen LogP contribution in [-0.4, -0.2) is 47.0 Å². The lowest BCUT2D eigenvalue weighted by Gasteiger charge is -2.28. The maximum Gasteiger partial charge on any atom is 0.410 e. The molecule has 3 rings (SSSR count). The van der Waals surface area contributed by atoms with Gasteiger partial charge in [0.25, 0.3) is 0 Å². The summed E-state index contributed by atoms with van der Waals surface area (Å²) in [5, 5.41) is 14.4. The van der Waals surface area contributed by atoms with Gasteiger partial charge in [-0.2, -0.15) is 5.26 Å². The summed E-state index contributed by atoms with van der Waals surface area (Å²) < 4.78 is 5.55. The van der Waals surface area contributed by atoms with E-state index in [4.69, 9.17) is 10.00 Å². The van der Waals surface area contributed by atoms with Crippen molar-refractivity contribution < 1.29 is 19.1 Å². The first kappa shape index (κ1) is 25.8. The minimum atomic E-state index is -0.794. The average molecular weight is 477 g/mol. The van der Waals surface area contributed by atoms with Crippen LogP contribution in [0.15, 0.2) is 54.6 Å². The SMILES string of the molecule is CC(NC(=O)C1CC(c2ccccc2)CN1C(=O)OC(C)(C)C)C(=O)NCc1ccc(C#N)cc1. The van der Waals surface area contributed by atoms with E-state index in [0.717, 1.165) is 11.1 Å². The van der Waals surface area contributed by atoms with E-state index in [1.807, 2.05) is 30.3 Å². The van der Waals surface area contributed by atoms with Crippen LogP contribution in [0, 0.1) is 11.3 Å². The molecule has 0 bridgehead atoms. The monoisotopic (exact) mass is 476 g/mol. The molecule has 3 atom stereocenters. The lowest BCUT2D eigenvalue weighted by atomic mass is 9.96. The van der Waals surface area contributed by atoms with Gasteiger partial charge in [-0.1, -0.05) is 42.5 Å². The zero-order chi connectivity index (χ0) is 25.6. The number of likely N-dealkylation sites (tertiary alicyclic amines) is 1. The fraction of sp³-hybridized carbons (Fsp3) is 0.407. The molecule has 3 amide bonds. The van der Waals surface area contributed by atoms with E-state index in [-0.39, 0.29) is 18.4 Å². The van der Waals surface area contributed by atoms with Crippen LogP contribution in [0.3, 0.4) is 0 Å². The molecular weight excluding hydrogens is 444 g/mol. The van der Waals surface area contributed by atoms with Crippen LogP contribution in [0.5, 0.6) is 0 Å². The Morgan fingerprint density at radius 1 is 1.11 bits per heavy atom. The van der Waals surface area contributed by atoms with E-state index >= 15 is 0 Å². The Kier molecular flexibility index (Phi) is 8.13. The van der Waals surface area contributed by atoms with Crippen LogP contribution in [0.25, 0.3) is 0 Å². The Bertz CT molecular complexity index is 1090. The molecule has 1 aliphatic rings. The molecule has 2 aromatic carbocycles. The third-order valence-electron chi connectivity index (χ3n) is 5.80. The fourth-order valence-corrected chi connectivity index (χ4v) is 3.99. The van der Waals surface area contributed by atoms with Gasteiger partial charge < -0.3 is 15.4 Å². The molecule has 0 aromatic heterocycles. The average Bonchev–Trinajstić information content (AvgIpc) is 3.28. The molecule has 8 heteroatoms. The molecule has 1 aliphatic heterocycles. The maximum atomic E-state index is 13.2. The summed E-state index contributed by atoms with van der Waals surface area (Å²) in [6, 6.07) is 17.2. The van der Waals surface area contributed by atoms with Crippen LogP contribution in [0.2, 0.25) is 0 Å². The van der Waals surface area contributed by atoms with Gasteiger partial charge >= 0.3 is 6.09 Å². The number of ether oxygens (including phenoxy) is 1. The molecule has 0 spiro atoms. The number of nitrogens with one attached hydrogen (secondary N) is 2. The van der Waals surface area contributed by atoms with Gasteiger partial charge in [0, 0.05) is 19.0 Å². The maximum absolute atomic E-state index is 13.2. The molecule has 0 aliphatic carbocycles. The van der Waals surface area contributed by atoms with Crippen molar-refractivity contribution in [2.45, 2.75) is 64.3 Å². The number of amides is 3. The van der Waals surface area contributed by atoms with Crippen molar-refractivity contribution in [3.63, 3.8) is 0 Å². The highest BCUT2D eigenvalue weighted by molar-refractivity contribution is 5.91. The van der Waals surface area contributed by atoms with E-state index < -0.39 is 29.7 Å². The number of nitrogens with zero attached hydrogens (tertiary/aromatic N) is 2. The van der Waals surface area contributed by atoms with E-state index in [9.17, 15) is 14.4 Å². The summed E-state index contributed by atoms with van der Waals surface area (Å²) in [6.07, 6.45) is -0.108. The predicted octanol–water partition coefficient (Wildman–Crippen LogP) is 3.47. The highest BCUT2D eigenvalue weighted by Gasteiger charge is 2.42. The minimum Gasteiger partial charge on any atom is -0.444 e. The van der Waals surface area contributed by atoms with Crippen LogP contribution in [0.4, 0.5) is 4.79 Å². The van der Waals surface area contributed by atoms with E-state index in [1.54, 1.807) is 52.0 Å². The number of hydrogen-bond donors (Lipinski definition) is 2. The molecule has 1 fully saturated rings. The van der Waals surface area contributed by atoms with Crippen molar-refractivity contribution >= 4 is 17.9 Å². The highest BCUT2D eigenvalue weighted by atomic mass is 16.6. The summed E-state index contributed by atoms with van der Waals surface area (Å²) in [5.74, 6) is -0.751. The molecule has 2 aromatic rings. The summed E-state index contributed by atoms with van der Waals surface area (Å²) in [6.45, 7) is 7.58. The second-order valence-corrected chi connectivity index (χ2v) is 9.75. The lowest BCUT2D eigenvalue weighted by molar-refractivity contribution is -0.131. The molecule has 1 saturated heterocycles. The summed E-state index contributed by atoms with van der Waals surface area (Å²) in [5.41, 5.74) is 1.74. The van der Waals surface area contributed by atoms with Gasteiger partial charge in [0.05, 0.1) is 11.6 Å². The molecule has 8 nitrogen and oxygen atoms in total. The highest BCUT2D eigenvalue weighted by Crippen LogP contribution is 2.33. The van der Waals surface area contributed by atoms with E-state index in [1.165, 1.54) is 4.90 Å². The number of carbonyl (C=O) groups excluding carboxylic acids is 3. The summed E-state index contributed by atoms with van der Waals surface area (Å²) in [4.78, 5) is 40.1. The summed E-state index contributed by atoms with van der Waals surface area (Å²) in [7, 11) is 0. The molecule has 184 valence electrons. The van der Waals surface area contributed by atoms with Gasteiger partial charge in [0.1, 0.15) is 17.7 Å². The molecule has 35 heavy (non-hydrogen) atoms. The first-order chi connectivity index (χ1) is 16.6. The predicted molar refractivity (Wildman–Crippen MR) is 131 cm³/mol. The van der Waals surface area contributed by atoms with Crippen LogP contribution in [0.1, 0.15) is 56.7 Å². The lowest BCUT2D eigenvalue weighted by Crippen LogP contribution is -2.52. The van der Waals surface area contributed by atoms with Crippen molar-refractivity contribution in [3.8, 4) is 6.07 Å². The molecule has 1 heterocycles. The van der Waals surface area contributed by atoms with E-state index in [2.05, 4.69) is 16.7 Å². The first-order valence-electron chi connectivity index (χ1n) is 11.7. The van der Waals surface area contributed by atoms with Crippen LogP contribution in [-0.2, 0) is 20.9 Å². The topological polar surface area (TPSA) is 112 Å². The smallest absolute Gasteiger partial charge is 0.410 e. The normalized spacial score (nSPS) is 18.3. The van der Waals surface area contributed by atoms with Crippen molar-refractivity contribution in [1.82, 2.24) is 15.5 Å². The molecule has 3 unspecified atom stereocenters. The molecule has 0 radical (unpaired) electrons. The fourth-order valence-electron chi connectivity index (χ4n) is 3.99. The van der Waals surface area contributed by atoms with Crippen molar-refractivity contribution in [2.24, 2.45) is 0 Å². The Hall–Kier alpha value is -3.86. The van der Waals surface area contributed by atoms with Gasteiger partial charge in [-0.3, -0.25) is 14.5 Å². The number of carbonyl (C=O) groups is 3. The Morgan fingerprint density at radius 3 is 2.37 bits per heavy atom. The number of rotatable bonds is 6.